The number of halogens is 2. The summed E-state index contributed by atoms with van der Waals surface area (Å²) in [5.41, 5.74) is 0.792. The second-order valence-electron chi connectivity index (χ2n) is 7.07. The third kappa shape index (κ3) is 4.72. The summed E-state index contributed by atoms with van der Waals surface area (Å²) in [6, 6.07) is 12.0. The van der Waals surface area contributed by atoms with Gasteiger partial charge in [-0.2, -0.15) is 0 Å². The summed E-state index contributed by atoms with van der Waals surface area (Å²) in [4.78, 5) is 14.6. The van der Waals surface area contributed by atoms with E-state index >= 15 is 0 Å². The molecule has 2 aromatic carbocycles. The SMILES string of the molecule is O=c1cc(-c2ccc(Br)cc2OCCN2CCS(=O)(=O)CC2)oc2c(Cl)cccc12. The first-order chi connectivity index (χ1) is 14.3. The maximum Gasteiger partial charge on any atom is 0.193 e. The minimum Gasteiger partial charge on any atom is -0.491 e. The smallest absolute Gasteiger partial charge is 0.193 e. The van der Waals surface area contributed by atoms with Crippen LogP contribution >= 0.6 is 27.5 Å². The highest BCUT2D eigenvalue weighted by Crippen LogP contribution is 2.34. The fourth-order valence-electron chi connectivity index (χ4n) is 3.35. The van der Waals surface area contributed by atoms with E-state index in [2.05, 4.69) is 20.8 Å². The molecule has 0 unspecified atom stereocenters. The van der Waals surface area contributed by atoms with E-state index in [1.54, 1.807) is 18.2 Å². The van der Waals surface area contributed by atoms with Gasteiger partial charge in [0.25, 0.3) is 0 Å². The Kier molecular flexibility index (Phi) is 6.20. The lowest BCUT2D eigenvalue weighted by molar-refractivity contribution is 0.220. The molecule has 1 saturated heterocycles. The molecule has 30 heavy (non-hydrogen) atoms. The van der Waals surface area contributed by atoms with E-state index in [0.29, 0.717) is 59.3 Å². The summed E-state index contributed by atoms with van der Waals surface area (Å²) in [6.45, 7) is 2.00. The highest BCUT2D eigenvalue weighted by Gasteiger charge is 2.21. The van der Waals surface area contributed by atoms with Crippen LogP contribution in [0.2, 0.25) is 5.02 Å². The molecule has 4 rings (SSSR count). The molecule has 1 aliphatic heterocycles. The molecule has 0 radical (unpaired) electrons. The zero-order chi connectivity index (χ0) is 21.3. The summed E-state index contributed by atoms with van der Waals surface area (Å²) < 4.78 is 35.9. The standard InChI is InChI=1S/C21H19BrClNO5S/c22-14-4-5-16(20-13-18(25)15-2-1-3-17(23)21(15)29-20)19(12-14)28-9-6-24-7-10-30(26,27)11-8-24/h1-5,12-13H,6-11H2. The number of hydrogen-bond acceptors (Lipinski definition) is 6. The van der Waals surface area contributed by atoms with E-state index in [1.807, 2.05) is 18.2 Å². The van der Waals surface area contributed by atoms with Gasteiger partial charge in [0, 0.05) is 30.2 Å². The summed E-state index contributed by atoms with van der Waals surface area (Å²) >= 11 is 9.67. The molecule has 1 aromatic heterocycles. The van der Waals surface area contributed by atoms with Crippen LogP contribution < -0.4 is 10.2 Å². The van der Waals surface area contributed by atoms with Crippen molar-refractivity contribution in [2.45, 2.75) is 0 Å². The zero-order valence-corrected chi connectivity index (χ0v) is 19.1. The fourth-order valence-corrected chi connectivity index (χ4v) is 5.18. The number of ether oxygens (including phenoxy) is 1. The number of rotatable bonds is 5. The van der Waals surface area contributed by atoms with Crippen molar-refractivity contribution in [1.82, 2.24) is 4.90 Å². The molecule has 1 aliphatic rings. The second kappa shape index (κ2) is 8.70. The van der Waals surface area contributed by atoms with Gasteiger partial charge in [0.05, 0.1) is 27.5 Å². The number of hydrogen-bond donors (Lipinski definition) is 0. The summed E-state index contributed by atoms with van der Waals surface area (Å²) in [6.07, 6.45) is 0. The van der Waals surface area contributed by atoms with Crippen molar-refractivity contribution in [2.75, 3.05) is 37.7 Å². The molecule has 0 spiro atoms. The number of sulfone groups is 1. The van der Waals surface area contributed by atoms with Crippen molar-refractivity contribution >= 4 is 48.3 Å². The van der Waals surface area contributed by atoms with Crippen LogP contribution in [0.1, 0.15) is 0 Å². The van der Waals surface area contributed by atoms with Crippen LogP contribution in [0.3, 0.4) is 0 Å². The van der Waals surface area contributed by atoms with Crippen LogP contribution in [-0.4, -0.2) is 51.1 Å². The monoisotopic (exact) mass is 511 g/mol. The Labute approximate surface area is 187 Å². The normalized spacial score (nSPS) is 16.6. The Bertz CT molecular complexity index is 1240. The summed E-state index contributed by atoms with van der Waals surface area (Å²) in [7, 11) is -2.91. The third-order valence-corrected chi connectivity index (χ3v) is 7.42. The summed E-state index contributed by atoms with van der Waals surface area (Å²) in [5.74, 6) is 1.28. The topological polar surface area (TPSA) is 76.8 Å². The molecule has 9 heteroatoms. The third-order valence-electron chi connectivity index (χ3n) is 5.02. The first-order valence-corrected chi connectivity index (χ1v) is 12.4. The average molecular weight is 513 g/mol. The van der Waals surface area contributed by atoms with Gasteiger partial charge in [-0.1, -0.05) is 33.6 Å². The fraction of sp³-hybridized carbons (Fsp3) is 0.286. The number of benzene rings is 2. The van der Waals surface area contributed by atoms with Gasteiger partial charge in [0.1, 0.15) is 18.1 Å². The van der Waals surface area contributed by atoms with Crippen LogP contribution in [0.25, 0.3) is 22.3 Å². The van der Waals surface area contributed by atoms with Crippen molar-refractivity contribution < 1.29 is 17.6 Å². The molecule has 0 bridgehead atoms. The van der Waals surface area contributed by atoms with Gasteiger partial charge in [0.2, 0.25) is 0 Å². The minimum atomic E-state index is -2.91. The van der Waals surface area contributed by atoms with E-state index in [1.165, 1.54) is 6.07 Å². The highest BCUT2D eigenvalue weighted by molar-refractivity contribution is 9.10. The highest BCUT2D eigenvalue weighted by atomic mass is 79.9. The van der Waals surface area contributed by atoms with Gasteiger partial charge in [-0.3, -0.25) is 9.69 Å². The lowest BCUT2D eigenvalue weighted by Gasteiger charge is -2.26. The van der Waals surface area contributed by atoms with Crippen LogP contribution in [0, 0.1) is 0 Å². The molecule has 0 saturated carbocycles. The molecule has 0 amide bonds. The van der Waals surface area contributed by atoms with E-state index < -0.39 is 9.84 Å². The van der Waals surface area contributed by atoms with E-state index in [9.17, 15) is 13.2 Å². The molecule has 158 valence electrons. The Morgan fingerprint density at radius 3 is 2.67 bits per heavy atom. The first kappa shape index (κ1) is 21.4. The Morgan fingerprint density at radius 1 is 1.13 bits per heavy atom. The van der Waals surface area contributed by atoms with Gasteiger partial charge < -0.3 is 9.15 Å². The Hall–Kier alpha value is -1.87. The second-order valence-corrected chi connectivity index (χ2v) is 10.7. The van der Waals surface area contributed by atoms with Crippen molar-refractivity contribution in [1.29, 1.82) is 0 Å². The Morgan fingerprint density at radius 2 is 1.90 bits per heavy atom. The predicted molar refractivity (Wildman–Crippen MR) is 121 cm³/mol. The van der Waals surface area contributed by atoms with Crippen molar-refractivity contribution in [3.63, 3.8) is 0 Å². The molecular formula is C21H19BrClNO5S. The van der Waals surface area contributed by atoms with Crippen molar-refractivity contribution in [3.05, 3.63) is 62.2 Å². The van der Waals surface area contributed by atoms with E-state index in [4.69, 9.17) is 20.8 Å². The molecule has 0 aliphatic carbocycles. The van der Waals surface area contributed by atoms with Crippen LogP contribution in [0.5, 0.6) is 5.75 Å². The lowest BCUT2D eigenvalue weighted by atomic mass is 10.1. The summed E-state index contributed by atoms with van der Waals surface area (Å²) in [5, 5.41) is 0.789. The van der Waals surface area contributed by atoms with Gasteiger partial charge in [-0.15, -0.1) is 0 Å². The minimum absolute atomic E-state index is 0.179. The number of nitrogens with zero attached hydrogens (tertiary/aromatic N) is 1. The molecular weight excluding hydrogens is 494 g/mol. The quantitative estimate of drug-likeness (QED) is 0.515. The average Bonchev–Trinajstić information content (AvgIpc) is 2.70. The number of para-hydroxylation sites is 1. The predicted octanol–water partition coefficient (Wildman–Crippen LogP) is 3.99. The molecule has 3 aromatic rings. The molecule has 0 N–H and O–H groups in total. The molecule has 0 atom stereocenters. The van der Waals surface area contributed by atoms with E-state index in [-0.39, 0.29) is 16.9 Å². The number of fused-ring (bicyclic) bond motifs is 1. The molecule has 1 fully saturated rings. The zero-order valence-electron chi connectivity index (χ0n) is 15.9. The van der Waals surface area contributed by atoms with Crippen molar-refractivity contribution in [3.8, 4) is 17.1 Å². The van der Waals surface area contributed by atoms with Gasteiger partial charge in [-0.25, -0.2) is 8.42 Å². The largest absolute Gasteiger partial charge is 0.491 e. The van der Waals surface area contributed by atoms with Crippen LogP contribution in [0.15, 0.2) is 56.1 Å². The maximum absolute atomic E-state index is 12.6. The molecule has 6 nitrogen and oxygen atoms in total. The first-order valence-electron chi connectivity index (χ1n) is 9.40. The van der Waals surface area contributed by atoms with Gasteiger partial charge in [-0.05, 0) is 30.3 Å². The Balaban J connectivity index is 1.58. The van der Waals surface area contributed by atoms with Gasteiger partial charge >= 0.3 is 0 Å². The molecule has 2 heterocycles. The van der Waals surface area contributed by atoms with Gasteiger partial charge in [0.15, 0.2) is 20.8 Å². The maximum atomic E-state index is 12.6. The van der Waals surface area contributed by atoms with Crippen LogP contribution in [0.4, 0.5) is 0 Å². The van der Waals surface area contributed by atoms with Crippen LogP contribution in [-0.2, 0) is 9.84 Å². The van der Waals surface area contributed by atoms with Crippen molar-refractivity contribution in [2.24, 2.45) is 0 Å². The van der Waals surface area contributed by atoms with E-state index in [0.717, 1.165) is 4.47 Å². The lowest BCUT2D eigenvalue weighted by Crippen LogP contribution is -2.42.